The van der Waals surface area contributed by atoms with Gasteiger partial charge in [-0.25, -0.2) is 4.99 Å². The first-order valence-electron chi connectivity index (χ1n) is 8.83. The van der Waals surface area contributed by atoms with E-state index in [2.05, 4.69) is 9.73 Å². The first-order chi connectivity index (χ1) is 13.9. The predicted molar refractivity (Wildman–Crippen MR) is 106 cm³/mol. The highest BCUT2D eigenvalue weighted by atomic mass is 19.3. The van der Waals surface area contributed by atoms with Gasteiger partial charge in [0.05, 0.1) is 6.61 Å². The molecule has 1 heterocycles. The van der Waals surface area contributed by atoms with Crippen molar-refractivity contribution in [3.8, 4) is 5.75 Å². The maximum Gasteiger partial charge on any atom is 0.387 e. The molecular formula is C21H21F2N3O3. The van der Waals surface area contributed by atoms with Crippen LogP contribution in [0, 0.1) is 0 Å². The lowest BCUT2D eigenvalue weighted by molar-refractivity contribution is -0.129. The van der Waals surface area contributed by atoms with Gasteiger partial charge in [-0.3, -0.25) is 9.69 Å². The summed E-state index contributed by atoms with van der Waals surface area (Å²) in [6.07, 6.45) is 3.72. The van der Waals surface area contributed by atoms with E-state index in [1.165, 1.54) is 17.0 Å². The number of amides is 1. The van der Waals surface area contributed by atoms with E-state index in [0.717, 1.165) is 5.56 Å². The summed E-state index contributed by atoms with van der Waals surface area (Å²) in [5.74, 6) is -0.273. The summed E-state index contributed by atoms with van der Waals surface area (Å²) in [6, 6.07) is 13.2. The number of rotatable bonds is 7. The Hall–Kier alpha value is -3.26. The topological polar surface area (TPSA) is 77.2 Å². The summed E-state index contributed by atoms with van der Waals surface area (Å²) in [5, 5.41) is 0. The van der Waals surface area contributed by atoms with Crippen molar-refractivity contribution in [2.45, 2.75) is 12.2 Å². The van der Waals surface area contributed by atoms with Crippen LogP contribution < -0.4 is 10.5 Å². The second-order valence-corrected chi connectivity index (χ2v) is 6.43. The zero-order chi connectivity index (χ0) is 21.0. The fourth-order valence-electron chi connectivity index (χ4n) is 3.21. The van der Waals surface area contributed by atoms with Crippen LogP contribution in [0.3, 0.4) is 0 Å². The Morgan fingerprint density at radius 2 is 1.93 bits per heavy atom. The monoisotopic (exact) mass is 401 g/mol. The van der Waals surface area contributed by atoms with Crippen molar-refractivity contribution in [3.63, 3.8) is 0 Å². The van der Waals surface area contributed by atoms with Gasteiger partial charge < -0.3 is 15.2 Å². The summed E-state index contributed by atoms with van der Waals surface area (Å²) in [6.45, 7) is -2.48. The molecule has 29 heavy (non-hydrogen) atoms. The maximum atomic E-state index is 13.2. The summed E-state index contributed by atoms with van der Waals surface area (Å²) in [5.41, 5.74) is 6.50. The number of carbonyl (C=O) groups excluding carboxylic acids is 1. The fraction of sp³-hybridized carbons (Fsp3) is 0.238. The molecule has 1 atom stereocenters. The quantitative estimate of drug-likeness (QED) is 0.774. The molecule has 1 aliphatic rings. The number of guanidine groups is 1. The van der Waals surface area contributed by atoms with E-state index in [4.69, 9.17) is 10.5 Å². The summed E-state index contributed by atoms with van der Waals surface area (Å²) < 4.78 is 34.3. The molecule has 152 valence electrons. The van der Waals surface area contributed by atoms with Crippen LogP contribution in [0.25, 0.3) is 6.08 Å². The van der Waals surface area contributed by atoms with Crippen LogP contribution in [0.15, 0.2) is 59.6 Å². The molecule has 2 aromatic rings. The Balaban J connectivity index is 2.09. The number of nitrogens with zero attached hydrogens (tertiary/aromatic N) is 2. The highest BCUT2D eigenvalue weighted by molar-refractivity contribution is 6.09. The van der Waals surface area contributed by atoms with Crippen molar-refractivity contribution in [3.05, 3.63) is 71.3 Å². The van der Waals surface area contributed by atoms with Gasteiger partial charge in [-0.15, -0.1) is 0 Å². The normalized spacial score (nSPS) is 19.3. The van der Waals surface area contributed by atoms with Crippen molar-refractivity contribution >= 4 is 17.9 Å². The first-order valence-corrected chi connectivity index (χ1v) is 8.83. The van der Waals surface area contributed by atoms with Crippen LogP contribution in [0.5, 0.6) is 5.75 Å². The number of hydrogen-bond acceptors (Lipinski definition) is 5. The van der Waals surface area contributed by atoms with Gasteiger partial charge >= 0.3 is 6.61 Å². The molecular weight excluding hydrogens is 380 g/mol. The van der Waals surface area contributed by atoms with Gasteiger partial charge in [0.2, 0.25) is 0 Å². The minimum absolute atomic E-state index is 0.00842. The smallest absolute Gasteiger partial charge is 0.387 e. The molecule has 2 N–H and O–H groups in total. The summed E-state index contributed by atoms with van der Waals surface area (Å²) in [7, 11) is 3.14. The Bertz CT molecular complexity index is 944. The molecule has 0 spiro atoms. The van der Waals surface area contributed by atoms with Crippen molar-refractivity contribution in [2.75, 3.05) is 20.8 Å². The van der Waals surface area contributed by atoms with Crippen LogP contribution in [-0.2, 0) is 15.1 Å². The van der Waals surface area contributed by atoms with E-state index in [9.17, 15) is 13.6 Å². The molecule has 1 amide bonds. The average Bonchev–Trinajstić information content (AvgIpc) is 2.93. The Morgan fingerprint density at radius 1 is 1.21 bits per heavy atom. The molecule has 0 saturated heterocycles. The van der Waals surface area contributed by atoms with Gasteiger partial charge in [0.25, 0.3) is 5.91 Å². The Kier molecular flexibility index (Phi) is 5.93. The fourth-order valence-corrected chi connectivity index (χ4v) is 3.21. The molecule has 1 unspecified atom stereocenters. The minimum atomic E-state index is -2.93. The van der Waals surface area contributed by atoms with Gasteiger partial charge in [0.15, 0.2) is 11.5 Å². The number of halogens is 2. The van der Waals surface area contributed by atoms with E-state index in [-0.39, 0.29) is 17.6 Å². The lowest BCUT2D eigenvalue weighted by Gasteiger charge is -2.26. The van der Waals surface area contributed by atoms with Gasteiger partial charge in [-0.2, -0.15) is 8.78 Å². The number of nitrogens with two attached hydrogens (primary N) is 1. The highest BCUT2D eigenvalue weighted by Crippen LogP contribution is 2.40. The van der Waals surface area contributed by atoms with E-state index in [1.54, 1.807) is 32.4 Å². The van der Waals surface area contributed by atoms with Gasteiger partial charge in [0.1, 0.15) is 5.75 Å². The van der Waals surface area contributed by atoms with Gasteiger partial charge in [0, 0.05) is 14.2 Å². The van der Waals surface area contributed by atoms with E-state index < -0.39 is 12.2 Å². The number of aliphatic imine (C=N–C) groups is 1. The summed E-state index contributed by atoms with van der Waals surface area (Å²) in [4.78, 5) is 19.0. The standard InChI is InChI=1S/C21H21F2N3O3/c1-26-18(27)21(25-20(26)24,15-8-10-17(11-9-15)29-19(22)23)16-7-3-5-14(13-16)6-4-12-28-2/h3-11,13,19H,12H2,1-2H3,(H2,24,25)/b6-4-. The van der Waals surface area contributed by atoms with Crippen molar-refractivity contribution < 1.29 is 23.0 Å². The molecule has 8 heteroatoms. The molecule has 0 saturated carbocycles. The van der Waals surface area contributed by atoms with Crippen molar-refractivity contribution in [1.82, 2.24) is 4.90 Å². The second-order valence-electron chi connectivity index (χ2n) is 6.43. The van der Waals surface area contributed by atoms with E-state index in [0.29, 0.717) is 17.7 Å². The minimum Gasteiger partial charge on any atom is -0.435 e. The van der Waals surface area contributed by atoms with Crippen LogP contribution in [0.1, 0.15) is 16.7 Å². The zero-order valence-corrected chi connectivity index (χ0v) is 16.0. The number of hydrogen-bond donors (Lipinski definition) is 1. The Morgan fingerprint density at radius 3 is 2.52 bits per heavy atom. The number of benzene rings is 2. The lowest BCUT2D eigenvalue weighted by Crippen LogP contribution is -2.41. The molecule has 3 rings (SSSR count). The average molecular weight is 401 g/mol. The molecule has 0 radical (unpaired) electrons. The molecule has 2 aromatic carbocycles. The van der Waals surface area contributed by atoms with Crippen molar-refractivity contribution in [2.24, 2.45) is 10.7 Å². The van der Waals surface area contributed by atoms with Crippen LogP contribution >= 0.6 is 0 Å². The number of methoxy groups -OCH3 is 1. The van der Waals surface area contributed by atoms with Gasteiger partial charge in [-0.1, -0.05) is 42.5 Å². The SMILES string of the molecule is COC/C=C\c1cccc(C2(c3ccc(OC(F)F)cc3)N=C(N)N(C)C2=O)c1. The molecule has 0 bridgehead atoms. The zero-order valence-electron chi connectivity index (χ0n) is 16.0. The first kappa shape index (κ1) is 20.5. The molecule has 0 aromatic heterocycles. The Labute approximate surface area is 167 Å². The molecule has 1 aliphatic heterocycles. The van der Waals surface area contributed by atoms with Crippen LogP contribution in [-0.4, -0.2) is 44.1 Å². The third-order valence-electron chi connectivity index (χ3n) is 4.61. The second kappa shape index (κ2) is 8.40. The molecule has 6 nitrogen and oxygen atoms in total. The third-order valence-corrected chi connectivity index (χ3v) is 4.61. The number of carbonyl (C=O) groups is 1. The maximum absolute atomic E-state index is 13.2. The number of likely N-dealkylation sites (N-methyl/N-ethyl adjacent to an activating group) is 1. The number of alkyl halides is 2. The highest BCUT2D eigenvalue weighted by Gasteiger charge is 2.49. The lowest BCUT2D eigenvalue weighted by atomic mass is 9.82. The number of ether oxygens (including phenoxy) is 2. The third kappa shape index (κ3) is 3.97. The summed E-state index contributed by atoms with van der Waals surface area (Å²) >= 11 is 0. The predicted octanol–water partition coefficient (Wildman–Crippen LogP) is 2.98. The van der Waals surface area contributed by atoms with Crippen LogP contribution in [0.4, 0.5) is 8.78 Å². The molecule has 0 fully saturated rings. The van der Waals surface area contributed by atoms with E-state index in [1.807, 2.05) is 30.4 Å². The van der Waals surface area contributed by atoms with Crippen LogP contribution in [0.2, 0.25) is 0 Å². The largest absolute Gasteiger partial charge is 0.435 e. The van der Waals surface area contributed by atoms with E-state index >= 15 is 0 Å². The van der Waals surface area contributed by atoms with Gasteiger partial charge in [-0.05, 0) is 34.9 Å². The van der Waals surface area contributed by atoms with Crippen molar-refractivity contribution in [1.29, 1.82) is 0 Å². The molecule has 0 aliphatic carbocycles.